The molecule has 0 spiro atoms. The van der Waals surface area contributed by atoms with Gasteiger partial charge in [-0.05, 0) is 55.0 Å². The molecule has 1 atom stereocenters. The van der Waals surface area contributed by atoms with Crippen molar-refractivity contribution in [1.29, 1.82) is 0 Å². The molecule has 50 heavy (non-hydrogen) atoms. The number of aromatic nitrogens is 2. The molecular formula is C33H32F5N5O6S. The molecule has 1 aliphatic heterocycles. The smallest absolute Gasteiger partial charge is 0.462 e. The summed E-state index contributed by atoms with van der Waals surface area (Å²) in [6.45, 7) is 2.69. The van der Waals surface area contributed by atoms with Gasteiger partial charge in [0.2, 0.25) is 15.9 Å². The van der Waals surface area contributed by atoms with Crippen LogP contribution >= 0.6 is 0 Å². The number of nitrogens with zero attached hydrogens (tertiary/aromatic N) is 4. The second kappa shape index (κ2) is 14.5. The van der Waals surface area contributed by atoms with Crippen molar-refractivity contribution in [3.05, 3.63) is 89.6 Å². The Balaban J connectivity index is 1.42. The topological polar surface area (TPSA) is 131 Å². The molecule has 1 fully saturated rings. The zero-order chi connectivity index (χ0) is 36.3. The van der Waals surface area contributed by atoms with Crippen molar-refractivity contribution in [2.75, 3.05) is 31.1 Å². The van der Waals surface area contributed by atoms with Crippen LogP contribution in [0.3, 0.4) is 0 Å². The second-order valence-corrected chi connectivity index (χ2v) is 13.1. The fourth-order valence-corrected chi connectivity index (χ4v) is 6.87. The van der Waals surface area contributed by atoms with Crippen molar-refractivity contribution in [2.24, 2.45) is 0 Å². The number of anilines is 1. The highest BCUT2D eigenvalue weighted by molar-refractivity contribution is 7.89. The summed E-state index contributed by atoms with van der Waals surface area (Å²) < 4.78 is 104. The standard InChI is InChI=1S/C33H32F5N5O6S/c1-3-32(34,35)23-8-5-21(6-9-23)18-40-30(44)28-20-42(29-19-39-26-14-7-22(17-27(26)41-29)31(45)48-4-2)15-16-43(28)50(46,47)25-12-10-24(11-13-25)49-33(36,37)38/h5-14,17,19,28H,3-4,15-16,18,20H2,1-2H3,(H,40,44)/t28-/m1/s1. The normalized spacial score (nSPS) is 15.9. The lowest BCUT2D eigenvalue weighted by Gasteiger charge is -2.40. The summed E-state index contributed by atoms with van der Waals surface area (Å²) in [6.07, 6.45) is -3.93. The van der Waals surface area contributed by atoms with E-state index in [1.807, 2.05) is 0 Å². The van der Waals surface area contributed by atoms with Crippen molar-refractivity contribution in [1.82, 2.24) is 19.6 Å². The van der Waals surface area contributed by atoms with Gasteiger partial charge in [-0.2, -0.15) is 4.31 Å². The number of sulfonamides is 1. The SMILES string of the molecule is CCOC(=O)c1ccc2ncc(N3CCN(S(=O)(=O)c4ccc(OC(F)(F)F)cc4)[C@@H](C(=O)NCc4ccc(C(F)(F)CC)cc4)C3)nc2c1. The molecule has 1 aromatic heterocycles. The predicted molar refractivity (Wildman–Crippen MR) is 171 cm³/mol. The van der Waals surface area contributed by atoms with Crippen LogP contribution in [0.2, 0.25) is 0 Å². The van der Waals surface area contributed by atoms with E-state index in [0.29, 0.717) is 16.6 Å². The molecule has 1 aliphatic rings. The first-order valence-corrected chi connectivity index (χ1v) is 16.9. The molecular weight excluding hydrogens is 689 g/mol. The number of halogens is 5. The van der Waals surface area contributed by atoms with Gasteiger partial charge in [0.25, 0.3) is 5.92 Å². The Morgan fingerprint density at radius 2 is 1.64 bits per heavy atom. The summed E-state index contributed by atoms with van der Waals surface area (Å²) in [5.74, 6) is -4.64. The molecule has 266 valence electrons. The first-order valence-electron chi connectivity index (χ1n) is 15.4. The molecule has 3 aromatic carbocycles. The maximum atomic E-state index is 14.1. The third kappa shape index (κ3) is 8.27. The van der Waals surface area contributed by atoms with Crippen molar-refractivity contribution < 1.29 is 49.4 Å². The fraction of sp³-hybridized carbons (Fsp3) is 0.333. The third-order valence-electron chi connectivity index (χ3n) is 7.95. The lowest BCUT2D eigenvalue weighted by atomic mass is 10.0. The van der Waals surface area contributed by atoms with Gasteiger partial charge in [0.05, 0.1) is 34.3 Å². The van der Waals surface area contributed by atoms with Crippen LogP contribution in [0.15, 0.2) is 77.8 Å². The quantitative estimate of drug-likeness (QED) is 0.160. The number of carbonyl (C=O) groups is 2. The zero-order valence-electron chi connectivity index (χ0n) is 26.8. The number of hydrogen-bond acceptors (Lipinski definition) is 9. The van der Waals surface area contributed by atoms with E-state index in [0.717, 1.165) is 28.6 Å². The van der Waals surface area contributed by atoms with E-state index < -0.39 is 52.4 Å². The maximum absolute atomic E-state index is 14.1. The van der Waals surface area contributed by atoms with E-state index in [2.05, 4.69) is 20.0 Å². The summed E-state index contributed by atoms with van der Waals surface area (Å²) in [5.41, 5.74) is 1.36. The monoisotopic (exact) mass is 721 g/mol. The van der Waals surface area contributed by atoms with Crippen LogP contribution in [0.1, 0.15) is 41.8 Å². The number of benzene rings is 3. The van der Waals surface area contributed by atoms with Gasteiger partial charge in [-0.25, -0.2) is 27.0 Å². The Hall–Kier alpha value is -4.90. The van der Waals surface area contributed by atoms with E-state index >= 15 is 0 Å². The Morgan fingerprint density at radius 3 is 2.28 bits per heavy atom. The number of esters is 1. The molecule has 0 bridgehead atoms. The van der Waals surface area contributed by atoms with Gasteiger partial charge < -0.3 is 19.7 Å². The largest absolute Gasteiger partial charge is 0.573 e. The van der Waals surface area contributed by atoms with Gasteiger partial charge in [-0.3, -0.25) is 9.78 Å². The Kier molecular flexibility index (Phi) is 10.6. The van der Waals surface area contributed by atoms with Gasteiger partial charge in [-0.1, -0.05) is 31.2 Å². The Labute approximate surface area is 284 Å². The summed E-state index contributed by atoms with van der Waals surface area (Å²) in [4.78, 5) is 36.3. The molecule has 1 amide bonds. The minimum Gasteiger partial charge on any atom is -0.462 e. The molecule has 0 unspecified atom stereocenters. The van der Waals surface area contributed by atoms with E-state index in [1.54, 1.807) is 24.0 Å². The van der Waals surface area contributed by atoms with Gasteiger partial charge in [0.1, 0.15) is 17.6 Å². The summed E-state index contributed by atoms with van der Waals surface area (Å²) in [6, 6.07) is 12.2. The molecule has 1 saturated heterocycles. The Morgan fingerprint density at radius 1 is 0.940 bits per heavy atom. The summed E-state index contributed by atoms with van der Waals surface area (Å²) in [7, 11) is -4.45. The first kappa shape index (κ1) is 36.4. The molecule has 2 heterocycles. The third-order valence-corrected chi connectivity index (χ3v) is 9.87. The first-order chi connectivity index (χ1) is 23.6. The number of nitrogens with one attached hydrogen (secondary N) is 1. The molecule has 4 aromatic rings. The average molecular weight is 722 g/mol. The average Bonchev–Trinajstić information content (AvgIpc) is 3.09. The van der Waals surface area contributed by atoms with E-state index in [1.165, 1.54) is 43.5 Å². The number of rotatable bonds is 11. The lowest BCUT2D eigenvalue weighted by molar-refractivity contribution is -0.274. The van der Waals surface area contributed by atoms with Crippen LogP contribution in [-0.4, -0.2) is 73.2 Å². The second-order valence-electron chi connectivity index (χ2n) is 11.2. The van der Waals surface area contributed by atoms with Crippen LogP contribution in [0.4, 0.5) is 27.8 Å². The fourth-order valence-electron chi connectivity index (χ4n) is 5.30. The van der Waals surface area contributed by atoms with E-state index in [4.69, 9.17) is 4.74 Å². The molecule has 11 nitrogen and oxygen atoms in total. The van der Waals surface area contributed by atoms with Crippen LogP contribution in [0.5, 0.6) is 5.75 Å². The highest BCUT2D eigenvalue weighted by Gasteiger charge is 2.41. The summed E-state index contributed by atoms with van der Waals surface area (Å²) in [5, 5.41) is 2.67. The van der Waals surface area contributed by atoms with Gasteiger partial charge in [0, 0.05) is 38.2 Å². The number of ether oxygens (including phenoxy) is 2. The van der Waals surface area contributed by atoms with Crippen LogP contribution < -0.4 is 15.0 Å². The molecule has 1 N–H and O–H groups in total. The van der Waals surface area contributed by atoms with Crippen LogP contribution in [-0.2, 0) is 32.0 Å². The minimum atomic E-state index is -4.98. The molecule has 0 saturated carbocycles. The van der Waals surface area contributed by atoms with Gasteiger partial charge in [0.15, 0.2) is 0 Å². The van der Waals surface area contributed by atoms with Crippen LogP contribution in [0.25, 0.3) is 11.0 Å². The van der Waals surface area contributed by atoms with Crippen molar-refractivity contribution in [3.63, 3.8) is 0 Å². The minimum absolute atomic E-state index is 0.0448. The zero-order valence-corrected chi connectivity index (χ0v) is 27.6. The molecule has 5 rings (SSSR count). The molecule has 0 radical (unpaired) electrons. The highest BCUT2D eigenvalue weighted by Crippen LogP contribution is 2.32. The number of amides is 1. The number of carbonyl (C=O) groups excluding carboxylic acids is 2. The number of hydrogen-bond donors (Lipinski definition) is 1. The highest BCUT2D eigenvalue weighted by atomic mass is 32.2. The number of piperazine rings is 1. The van der Waals surface area contributed by atoms with Crippen molar-refractivity contribution in [3.8, 4) is 5.75 Å². The lowest BCUT2D eigenvalue weighted by Crippen LogP contribution is -2.60. The predicted octanol–water partition coefficient (Wildman–Crippen LogP) is 5.40. The van der Waals surface area contributed by atoms with E-state index in [9.17, 15) is 40.0 Å². The van der Waals surface area contributed by atoms with Crippen molar-refractivity contribution in [2.45, 2.75) is 50.0 Å². The summed E-state index contributed by atoms with van der Waals surface area (Å²) >= 11 is 0. The maximum Gasteiger partial charge on any atom is 0.573 e. The number of fused-ring (bicyclic) bond motifs is 1. The number of alkyl halides is 5. The molecule has 0 aliphatic carbocycles. The van der Waals surface area contributed by atoms with Gasteiger partial charge >= 0.3 is 12.3 Å². The van der Waals surface area contributed by atoms with Gasteiger partial charge in [-0.15, -0.1) is 13.2 Å². The molecule has 17 heteroatoms. The Bertz CT molecular complexity index is 1960. The van der Waals surface area contributed by atoms with Crippen molar-refractivity contribution >= 4 is 38.8 Å². The van der Waals surface area contributed by atoms with E-state index in [-0.39, 0.29) is 54.6 Å². The van der Waals surface area contributed by atoms with Crippen LogP contribution in [0, 0.1) is 0 Å².